The third kappa shape index (κ3) is 2.64. The molecule has 0 fully saturated rings. The summed E-state index contributed by atoms with van der Waals surface area (Å²) < 4.78 is 7.19. The van der Waals surface area contributed by atoms with Crippen molar-refractivity contribution in [1.82, 2.24) is 9.78 Å². The van der Waals surface area contributed by atoms with Crippen molar-refractivity contribution in [2.45, 2.75) is 13.1 Å². The highest BCUT2D eigenvalue weighted by atomic mass is 16.3. The van der Waals surface area contributed by atoms with Gasteiger partial charge in [-0.15, -0.1) is 0 Å². The first-order chi connectivity index (χ1) is 9.70. The van der Waals surface area contributed by atoms with E-state index >= 15 is 0 Å². The van der Waals surface area contributed by atoms with Crippen LogP contribution in [0.2, 0.25) is 0 Å². The first kappa shape index (κ1) is 12.3. The molecule has 6 nitrogen and oxygen atoms in total. The van der Waals surface area contributed by atoms with E-state index in [-0.39, 0.29) is 6.54 Å². The monoisotopic (exact) mass is 270 g/mol. The van der Waals surface area contributed by atoms with E-state index < -0.39 is 5.91 Å². The van der Waals surface area contributed by atoms with Gasteiger partial charge in [-0.25, -0.2) is 0 Å². The maximum absolute atomic E-state index is 10.8. The van der Waals surface area contributed by atoms with E-state index in [1.807, 2.05) is 30.3 Å². The number of hydrogen-bond donors (Lipinski definition) is 2. The van der Waals surface area contributed by atoms with Crippen LogP contribution in [0.15, 0.2) is 47.1 Å². The van der Waals surface area contributed by atoms with Gasteiger partial charge in [0.15, 0.2) is 0 Å². The van der Waals surface area contributed by atoms with E-state index in [1.165, 1.54) is 4.68 Å². The molecule has 0 bridgehead atoms. The second kappa shape index (κ2) is 5.08. The van der Waals surface area contributed by atoms with Crippen molar-refractivity contribution in [1.29, 1.82) is 0 Å². The van der Waals surface area contributed by atoms with E-state index in [1.54, 1.807) is 12.4 Å². The average molecular weight is 270 g/mol. The molecule has 2 heterocycles. The van der Waals surface area contributed by atoms with E-state index in [0.717, 1.165) is 22.4 Å². The molecule has 2 aromatic heterocycles. The average Bonchev–Trinajstić information content (AvgIpc) is 3.01. The lowest BCUT2D eigenvalue weighted by Gasteiger charge is -1.99. The lowest BCUT2D eigenvalue weighted by atomic mass is 10.2. The van der Waals surface area contributed by atoms with Crippen LogP contribution in [0, 0.1) is 0 Å². The topological polar surface area (TPSA) is 86.1 Å². The SMILES string of the molecule is NC(=O)Cn1cc(NCc2cc3ccccc3o2)cn1. The lowest BCUT2D eigenvalue weighted by molar-refractivity contribution is -0.118. The van der Waals surface area contributed by atoms with Crippen molar-refractivity contribution in [3.05, 3.63) is 48.5 Å². The van der Waals surface area contributed by atoms with Crippen molar-refractivity contribution in [3.8, 4) is 0 Å². The summed E-state index contributed by atoms with van der Waals surface area (Å²) in [6.45, 7) is 0.628. The number of aromatic nitrogens is 2. The molecule has 1 aromatic carbocycles. The molecular weight excluding hydrogens is 256 g/mol. The Bertz CT molecular complexity index is 711. The minimum Gasteiger partial charge on any atom is -0.459 e. The van der Waals surface area contributed by atoms with Crippen molar-refractivity contribution in [2.75, 3.05) is 5.32 Å². The van der Waals surface area contributed by atoms with E-state index in [4.69, 9.17) is 10.2 Å². The van der Waals surface area contributed by atoms with E-state index in [0.29, 0.717) is 6.54 Å². The molecule has 0 spiro atoms. The summed E-state index contributed by atoms with van der Waals surface area (Å²) in [4.78, 5) is 10.8. The number of nitrogens with one attached hydrogen (secondary N) is 1. The fourth-order valence-electron chi connectivity index (χ4n) is 2.01. The molecule has 6 heteroatoms. The normalized spacial score (nSPS) is 10.8. The molecule has 3 N–H and O–H groups in total. The van der Waals surface area contributed by atoms with Gasteiger partial charge in [-0.1, -0.05) is 18.2 Å². The molecule has 0 aliphatic rings. The number of para-hydroxylation sites is 1. The first-order valence-electron chi connectivity index (χ1n) is 6.23. The summed E-state index contributed by atoms with van der Waals surface area (Å²) in [6, 6.07) is 9.85. The maximum atomic E-state index is 10.8. The van der Waals surface area contributed by atoms with Crippen molar-refractivity contribution < 1.29 is 9.21 Å². The predicted molar refractivity (Wildman–Crippen MR) is 75.0 cm³/mol. The molecule has 0 aliphatic carbocycles. The van der Waals surface area contributed by atoms with Gasteiger partial charge in [0, 0.05) is 11.6 Å². The Hall–Kier alpha value is -2.76. The molecule has 3 aromatic rings. The fourth-order valence-corrected chi connectivity index (χ4v) is 2.01. The number of nitrogens with two attached hydrogens (primary N) is 1. The fraction of sp³-hybridized carbons (Fsp3) is 0.143. The van der Waals surface area contributed by atoms with Crippen LogP contribution in [-0.4, -0.2) is 15.7 Å². The predicted octanol–water partition coefficient (Wildman–Crippen LogP) is 1.73. The van der Waals surface area contributed by atoms with Gasteiger partial charge >= 0.3 is 0 Å². The van der Waals surface area contributed by atoms with Gasteiger partial charge in [0.2, 0.25) is 5.91 Å². The molecule has 102 valence electrons. The zero-order valence-electron chi connectivity index (χ0n) is 10.7. The Morgan fingerprint density at radius 1 is 1.40 bits per heavy atom. The number of furan rings is 1. The summed E-state index contributed by atoms with van der Waals surface area (Å²) in [5.41, 5.74) is 6.79. The summed E-state index contributed by atoms with van der Waals surface area (Å²) in [7, 11) is 0. The summed E-state index contributed by atoms with van der Waals surface area (Å²) in [5, 5.41) is 8.30. The first-order valence-corrected chi connectivity index (χ1v) is 6.23. The molecule has 0 radical (unpaired) electrons. The van der Waals surface area contributed by atoms with Crippen LogP contribution in [0.3, 0.4) is 0 Å². The highest BCUT2D eigenvalue weighted by molar-refractivity contribution is 5.77. The molecule has 0 aliphatic heterocycles. The highest BCUT2D eigenvalue weighted by Gasteiger charge is 2.04. The Balaban J connectivity index is 1.66. The molecule has 3 rings (SSSR count). The van der Waals surface area contributed by atoms with Crippen molar-refractivity contribution >= 4 is 22.6 Å². The molecular formula is C14H14N4O2. The number of primary amides is 1. The summed E-state index contributed by atoms with van der Waals surface area (Å²) >= 11 is 0. The quantitative estimate of drug-likeness (QED) is 0.739. The van der Waals surface area contributed by atoms with Gasteiger partial charge < -0.3 is 15.5 Å². The van der Waals surface area contributed by atoms with Gasteiger partial charge in [-0.05, 0) is 12.1 Å². The Kier molecular flexibility index (Phi) is 3.12. The smallest absolute Gasteiger partial charge is 0.239 e. The van der Waals surface area contributed by atoms with Gasteiger partial charge in [-0.2, -0.15) is 5.10 Å². The molecule has 0 saturated heterocycles. The van der Waals surface area contributed by atoms with Crippen LogP contribution in [0.1, 0.15) is 5.76 Å². The number of hydrogen-bond acceptors (Lipinski definition) is 4. The van der Waals surface area contributed by atoms with E-state index in [2.05, 4.69) is 10.4 Å². The zero-order valence-corrected chi connectivity index (χ0v) is 10.7. The second-order valence-corrected chi connectivity index (χ2v) is 4.50. The molecule has 0 unspecified atom stereocenters. The van der Waals surface area contributed by atoms with Crippen LogP contribution in [-0.2, 0) is 17.9 Å². The Morgan fingerprint density at radius 3 is 3.05 bits per heavy atom. The third-order valence-corrected chi connectivity index (χ3v) is 2.89. The van der Waals surface area contributed by atoms with Gasteiger partial charge in [-0.3, -0.25) is 9.48 Å². The van der Waals surface area contributed by atoms with Crippen LogP contribution in [0.25, 0.3) is 11.0 Å². The number of nitrogens with zero attached hydrogens (tertiary/aromatic N) is 2. The summed E-state index contributed by atoms with van der Waals surface area (Å²) in [5.74, 6) is 0.422. The zero-order chi connectivity index (χ0) is 13.9. The maximum Gasteiger partial charge on any atom is 0.239 e. The standard InChI is InChI=1S/C14H14N4O2/c15-14(19)9-18-8-11(6-17-18)16-7-12-5-10-3-1-2-4-13(10)20-12/h1-6,8,16H,7,9H2,(H2,15,19). The van der Waals surface area contributed by atoms with Crippen LogP contribution < -0.4 is 11.1 Å². The van der Waals surface area contributed by atoms with E-state index in [9.17, 15) is 4.79 Å². The molecule has 20 heavy (non-hydrogen) atoms. The van der Waals surface area contributed by atoms with Crippen LogP contribution >= 0.6 is 0 Å². The number of rotatable bonds is 5. The number of amides is 1. The minimum absolute atomic E-state index is 0.0757. The number of fused-ring (bicyclic) bond motifs is 1. The number of anilines is 1. The highest BCUT2D eigenvalue weighted by Crippen LogP contribution is 2.19. The van der Waals surface area contributed by atoms with Gasteiger partial charge in [0.1, 0.15) is 17.9 Å². The van der Waals surface area contributed by atoms with Gasteiger partial charge in [0.25, 0.3) is 0 Å². The molecule has 0 atom stereocenters. The Morgan fingerprint density at radius 2 is 2.25 bits per heavy atom. The summed E-state index contributed by atoms with van der Waals surface area (Å²) in [6.07, 6.45) is 3.37. The van der Waals surface area contributed by atoms with Crippen molar-refractivity contribution in [2.24, 2.45) is 5.73 Å². The number of benzene rings is 1. The second-order valence-electron chi connectivity index (χ2n) is 4.50. The molecule has 0 saturated carbocycles. The minimum atomic E-state index is -0.420. The lowest BCUT2D eigenvalue weighted by Crippen LogP contribution is -2.18. The molecule has 1 amide bonds. The third-order valence-electron chi connectivity index (χ3n) is 2.89. The van der Waals surface area contributed by atoms with Gasteiger partial charge in [0.05, 0.1) is 18.4 Å². The largest absolute Gasteiger partial charge is 0.459 e. The van der Waals surface area contributed by atoms with Crippen LogP contribution in [0.4, 0.5) is 5.69 Å². The Labute approximate surface area is 115 Å². The number of carbonyl (C=O) groups is 1. The number of carbonyl (C=O) groups excluding carboxylic acids is 1. The van der Waals surface area contributed by atoms with Crippen LogP contribution in [0.5, 0.6) is 0 Å². The van der Waals surface area contributed by atoms with Crippen molar-refractivity contribution in [3.63, 3.8) is 0 Å².